The second-order valence-electron chi connectivity index (χ2n) is 4.72. The zero-order valence-corrected chi connectivity index (χ0v) is 10.9. The Bertz CT molecular complexity index is 374. The summed E-state index contributed by atoms with van der Waals surface area (Å²) in [7, 11) is 0. The Hall–Kier alpha value is -1.42. The van der Waals surface area contributed by atoms with Gasteiger partial charge in [0.05, 0.1) is 18.2 Å². The lowest BCUT2D eigenvalue weighted by atomic mass is 9.98. The van der Waals surface area contributed by atoms with E-state index in [2.05, 4.69) is 10.3 Å². The van der Waals surface area contributed by atoms with Crippen LogP contribution < -0.4 is 5.32 Å². The van der Waals surface area contributed by atoms with E-state index in [-0.39, 0.29) is 11.8 Å². The molecule has 1 aromatic heterocycles. The van der Waals surface area contributed by atoms with Crippen LogP contribution in [0.15, 0.2) is 24.4 Å². The minimum atomic E-state index is 0.141. The van der Waals surface area contributed by atoms with Gasteiger partial charge in [-0.05, 0) is 38.4 Å². The molecule has 98 valence electrons. The number of pyridine rings is 1. The van der Waals surface area contributed by atoms with E-state index in [0.29, 0.717) is 6.54 Å². The van der Waals surface area contributed by atoms with Crippen LogP contribution in [0.2, 0.25) is 0 Å². The molecule has 0 aromatic carbocycles. The number of nitrogens with one attached hydrogen (secondary N) is 1. The van der Waals surface area contributed by atoms with Gasteiger partial charge in [0.2, 0.25) is 5.91 Å². The van der Waals surface area contributed by atoms with Gasteiger partial charge in [0.1, 0.15) is 0 Å². The predicted molar refractivity (Wildman–Crippen MR) is 70.9 cm³/mol. The summed E-state index contributed by atoms with van der Waals surface area (Å²) < 4.78 is 0. The van der Waals surface area contributed by atoms with Crippen molar-refractivity contribution in [2.45, 2.75) is 26.3 Å². The molecule has 4 heteroatoms. The average molecular weight is 247 g/mol. The van der Waals surface area contributed by atoms with Crippen LogP contribution >= 0.6 is 0 Å². The van der Waals surface area contributed by atoms with Gasteiger partial charge in [0, 0.05) is 19.3 Å². The molecule has 1 aliphatic heterocycles. The Morgan fingerprint density at radius 2 is 2.44 bits per heavy atom. The summed E-state index contributed by atoms with van der Waals surface area (Å²) in [5.74, 6) is 0.401. The van der Waals surface area contributed by atoms with Crippen molar-refractivity contribution < 1.29 is 4.79 Å². The maximum Gasteiger partial charge on any atom is 0.227 e. The first kappa shape index (κ1) is 13.0. The molecule has 4 nitrogen and oxygen atoms in total. The van der Waals surface area contributed by atoms with E-state index in [9.17, 15) is 4.79 Å². The molecule has 1 atom stereocenters. The van der Waals surface area contributed by atoms with Gasteiger partial charge < -0.3 is 10.2 Å². The standard InChI is InChI=1S/C14H21N3O/c1-2-17(11-13-7-3-4-9-16-13)14(18)12-6-5-8-15-10-12/h3-4,7,9,12,15H,2,5-6,8,10-11H2,1H3/t12-/m0/s1. The zero-order valence-electron chi connectivity index (χ0n) is 10.9. The van der Waals surface area contributed by atoms with E-state index >= 15 is 0 Å². The molecular formula is C14H21N3O. The number of rotatable bonds is 4. The number of aromatic nitrogens is 1. The van der Waals surface area contributed by atoms with E-state index in [4.69, 9.17) is 0 Å². The van der Waals surface area contributed by atoms with Crippen LogP contribution in [-0.4, -0.2) is 35.4 Å². The van der Waals surface area contributed by atoms with Crippen LogP contribution in [0.3, 0.4) is 0 Å². The molecule has 0 radical (unpaired) electrons. The van der Waals surface area contributed by atoms with E-state index < -0.39 is 0 Å². The van der Waals surface area contributed by atoms with Crippen molar-refractivity contribution >= 4 is 5.91 Å². The van der Waals surface area contributed by atoms with Gasteiger partial charge in [-0.15, -0.1) is 0 Å². The molecule has 1 fully saturated rings. The van der Waals surface area contributed by atoms with Crippen molar-refractivity contribution in [1.29, 1.82) is 0 Å². The lowest BCUT2D eigenvalue weighted by molar-refractivity contribution is -0.136. The van der Waals surface area contributed by atoms with Gasteiger partial charge in [-0.3, -0.25) is 9.78 Å². The van der Waals surface area contributed by atoms with E-state index in [1.54, 1.807) is 6.20 Å². The van der Waals surface area contributed by atoms with Crippen LogP contribution in [0.5, 0.6) is 0 Å². The number of hydrogen-bond donors (Lipinski definition) is 1. The molecule has 1 N–H and O–H groups in total. The molecule has 2 heterocycles. The Labute approximate surface area is 108 Å². The highest BCUT2D eigenvalue weighted by atomic mass is 16.2. The van der Waals surface area contributed by atoms with Crippen molar-refractivity contribution in [3.63, 3.8) is 0 Å². The Kier molecular flexibility index (Phi) is 4.70. The second-order valence-corrected chi connectivity index (χ2v) is 4.72. The third kappa shape index (κ3) is 3.29. The van der Waals surface area contributed by atoms with Gasteiger partial charge in [-0.25, -0.2) is 0 Å². The lowest BCUT2D eigenvalue weighted by Crippen LogP contribution is -2.42. The maximum atomic E-state index is 12.4. The molecule has 0 saturated carbocycles. The molecular weight excluding hydrogens is 226 g/mol. The summed E-state index contributed by atoms with van der Waals surface area (Å²) in [6.07, 6.45) is 3.87. The second kappa shape index (κ2) is 6.50. The molecule has 0 bridgehead atoms. The largest absolute Gasteiger partial charge is 0.337 e. The van der Waals surface area contributed by atoms with Gasteiger partial charge in [-0.1, -0.05) is 6.07 Å². The number of carbonyl (C=O) groups excluding carboxylic acids is 1. The fourth-order valence-corrected chi connectivity index (χ4v) is 2.35. The highest BCUT2D eigenvalue weighted by molar-refractivity contribution is 5.79. The molecule has 1 saturated heterocycles. The molecule has 0 aliphatic carbocycles. The summed E-state index contributed by atoms with van der Waals surface area (Å²) in [4.78, 5) is 18.6. The number of nitrogens with zero attached hydrogens (tertiary/aromatic N) is 2. The molecule has 1 aromatic rings. The Morgan fingerprint density at radius 1 is 1.56 bits per heavy atom. The SMILES string of the molecule is CCN(Cc1ccccn1)C(=O)[C@H]1CCCNC1. The average Bonchev–Trinajstić information content (AvgIpc) is 2.46. The van der Waals surface area contributed by atoms with Crippen molar-refractivity contribution in [1.82, 2.24) is 15.2 Å². The van der Waals surface area contributed by atoms with Crippen LogP contribution in [-0.2, 0) is 11.3 Å². The molecule has 2 rings (SSSR count). The van der Waals surface area contributed by atoms with Crippen LogP contribution in [0.25, 0.3) is 0 Å². The molecule has 0 unspecified atom stereocenters. The smallest absolute Gasteiger partial charge is 0.227 e. The van der Waals surface area contributed by atoms with E-state index in [1.807, 2.05) is 30.0 Å². The van der Waals surface area contributed by atoms with Gasteiger partial charge in [-0.2, -0.15) is 0 Å². The highest BCUT2D eigenvalue weighted by Crippen LogP contribution is 2.14. The minimum absolute atomic E-state index is 0.141. The fourth-order valence-electron chi connectivity index (χ4n) is 2.35. The van der Waals surface area contributed by atoms with Crippen molar-refractivity contribution in [3.05, 3.63) is 30.1 Å². The first-order valence-electron chi connectivity index (χ1n) is 6.70. The summed E-state index contributed by atoms with van der Waals surface area (Å²) in [5, 5.41) is 3.30. The van der Waals surface area contributed by atoms with Crippen molar-refractivity contribution in [2.75, 3.05) is 19.6 Å². The minimum Gasteiger partial charge on any atom is -0.337 e. The maximum absolute atomic E-state index is 12.4. The fraction of sp³-hybridized carbons (Fsp3) is 0.571. The number of hydrogen-bond acceptors (Lipinski definition) is 3. The van der Waals surface area contributed by atoms with E-state index in [0.717, 1.165) is 38.2 Å². The number of amides is 1. The summed E-state index contributed by atoms with van der Waals surface area (Å²) >= 11 is 0. The summed E-state index contributed by atoms with van der Waals surface area (Å²) in [5.41, 5.74) is 0.955. The van der Waals surface area contributed by atoms with Gasteiger partial charge >= 0.3 is 0 Å². The Morgan fingerprint density at radius 3 is 3.06 bits per heavy atom. The third-order valence-corrected chi connectivity index (χ3v) is 3.42. The quantitative estimate of drug-likeness (QED) is 0.875. The van der Waals surface area contributed by atoms with Crippen LogP contribution in [0.4, 0.5) is 0 Å². The number of carbonyl (C=O) groups is 1. The van der Waals surface area contributed by atoms with Crippen molar-refractivity contribution in [3.8, 4) is 0 Å². The third-order valence-electron chi connectivity index (χ3n) is 3.42. The number of piperidine rings is 1. The topological polar surface area (TPSA) is 45.2 Å². The van der Waals surface area contributed by atoms with Crippen molar-refractivity contribution in [2.24, 2.45) is 5.92 Å². The normalized spacial score (nSPS) is 19.5. The van der Waals surface area contributed by atoms with Crippen LogP contribution in [0, 0.1) is 5.92 Å². The lowest BCUT2D eigenvalue weighted by Gasteiger charge is -2.28. The molecule has 0 spiro atoms. The first-order chi connectivity index (χ1) is 8.81. The first-order valence-corrected chi connectivity index (χ1v) is 6.70. The van der Waals surface area contributed by atoms with Crippen LogP contribution in [0.1, 0.15) is 25.5 Å². The monoisotopic (exact) mass is 247 g/mol. The van der Waals surface area contributed by atoms with E-state index in [1.165, 1.54) is 0 Å². The summed E-state index contributed by atoms with van der Waals surface area (Å²) in [6.45, 7) is 5.24. The van der Waals surface area contributed by atoms with Gasteiger partial charge in [0.25, 0.3) is 0 Å². The van der Waals surface area contributed by atoms with Gasteiger partial charge in [0.15, 0.2) is 0 Å². The predicted octanol–water partition coefficient (Wildman–Crippen LogP) is 1.43. The molecule has 1 aliphatic rings. The highest BCUT2D eigenvalue weighted by Gasteiger charge is 2.25. The summed E-state index contributed by atoms with van der Waals surface area (Å²) in [6, 6.07) is 5.82. The zero-order chi connectivity index (χ0) is 12.8. The molecule has 1 amide bonds. The Balaban J connectivity index is 1.97. The molecule has 18 heavy (non-hydrogen) atoms.